The standard InChI is InChI=1S/C19H19ClN2S/c1-12(2)14-5-7-15(8-6-14)18-11-23-19(22-18)21-17-10-16(20)9-4-13(17)3/h4-12H,1-3H3,(H,21,22). The molecule has 3 aromatic rings. The molecule has 118 valence electrons. The number of hydrogen-bond donors (Lipinski definition) is 1. The molecule has 0 fully saturated rings. The lowest BCUT2D eigenvalue weighted by atomic mass is 10.0. The van der Waals surface area contributed by atoms with Gasteiger partial charge in [-0.15, -0.1) is 11.3 Å². The minimum Gasteiger partial charge on any atom is -0.331 e. The van der Waals surface area contributed by atoms with Gasteiger partial charge in [0.1, 0.15) is 0 Å². The molecule has 3 rings (SSSR count). The van der Waals surface area contributed by atoms with Crippen LogP contribution < -0.4 is 5.32 Å². The van der Waals surface area contributed by atoms with Crippen molar-refractivity contribution in [3.05, 3.63) is 64.0 Å². The van der Waals surface area contributed by atoms with Crippen LogP contribution in [0, 0.1) is 6.92 Å². The number of benzene rings is 2. The van der Waals surface area contributed by atoms with E-state index in [4.69, 9.17) is 11.6 Å². The maximum atomic E-state index is 6.07. The molecule has 0 saturated carbocycles. The summed E-state index contributed by atoms with van der Waals surface area (Å²) in [6, 6.07) is 14.4. The van der Waals surface area contributed by atoms with Crippen molar-refractivity contribution >= 4 is 33.8 Å². The van der Waals surface area contributed by atoms with Crippen LogP contribution in [0.2, 0.25) is 5.02 Å². The Balaban J connectivity index is 1.81. The van der Waals surface area contributed by atoms with Crippen LogP contribution in [0.4, 0.5) is 10.8 Å². The van der Waals surface area contributed by atoms with Gasteiger partial charge in [0, 0.05) is 21.7 Å². The zero-order valence-electron chi connectivity index (χ0n) is 13.4. The fraction of sp³-hybridized carbons (Fsp3) is 0.211. The van der Waals surface area contributed by atoms with Crippen molar-refractivity contribution < 1.29 is 0 Å². The van der Waals surface area contributed by atoms with Crippen LogP contribution in [-0.4, -0.2) is 4.98 Å². The van der Waals surface area contributed by atoms with E-state index >= 15 is 0 Å². The molecule has 1 aromatic heterocycles. The van der Waals surface area contributed by atoms with E-state index in [-0.39, 0.29) is 0 Å². The summed E-state index contributed by atoms with van der Waals surface area (Å²) in [6.07, 6.45) is 0. The fourth-order valence-electron chi connectivity index (χ4n) is 2.35. The Morgan fingerprint density at radius 2 is 1.83 bits per heavy atom. The lowest BCUT2D eigenvalue weighted by Gasteiger charge is -2.07. The molecule has 1 N–H and O–H groups in total. The second-order valence-corrected chi connectivity index (χ2v) is 7.19. The van der Waals surface area contributed by atoms with E-state index in [0.29, 0.717) is 5.92 Å². The van der Waals surface area contributed by atoms with Crippen LogP contribution in [0.1, 0.15) is 30.9 Å². The van der Waals surface area contributed by atoms with Gasteiger partial charge in [-0.2, -0.15) is 0 Å². The molecule has 2 nitrogen and oxygen atoms in total. The average Bonchev–Trinajstić information content (AvgIpc) is 2.99. The zero-order valence-corrected chi connectivity index (χ0v) is 15.0. The van der Waals surface area contributed by atoms with Gasteiger partial charge in [0.05, 0.1) is 5.69 Å². The van der Waals surface area contributed by atoms with Gasteiger partial charge in [0.15, 0.2) is 5.13 Å². The number of rotatable bonds is 4. The number of hydrogen-bond acceptors (Lipinski definition) is 3. The van der Waals surface area contributed by atoms with Gasteiger partial charge >= 0.3 is 0 Å². The number of aryl methyl sites for hydroxylation is 1. The van der Waals surface area contributed by atoms with Crippen molar-refractivity contribution in [2.75, 3.05) is 5.32 Å². The normalized spacial score (nSPS) is 11.0. The Kier molecular flexibility index (Phi) is 4.69. The molecule has 0 aliphatic rings. The second kappa shape index (κ2) is 6.73. The smallest absolute Gasteiger partial charge is 0.187 e. The van der Waals surface area contributed by atoms with E-state index in [2.05, 4.69) is 60.7 Å². The third kappa shape index (κ3) is 3.74. The van der Waals surface area contributed by atoms with Gasteiger partial charge in [0.25, 0.3) is 0 Å². The molecule has 23 heavy (non-hydrogen) atoms. The number of nitrogens with zero attached hydrogens (tertiary/aromatic N) is 1. The maximum Gasteiger partial charge on any atom is 0.187 e. The molecule has 4 heteroatoms. The first-order valence-corrected chi connectivity index (χ1v) is 8.88. The average molecular weight is 343 g/mol. The SMILES string of the molecule is Cc1ccc(Cl)cc1Nc1nc(-c2ccc(C(C)C)cc2)cs1. The summed E-state index contributed by atoms with van der Waals surface area (Å²) >= 11 is 7.67. The van der Waals surface area contributed by atoms with Crippen LogP contribution in [0.25, 0.3) is 11.3 Å². The van der Waals surface area contributed by atoms with Crippen LogP contribution in [0.15, 0.2) is 47.8 Å². The minimum absolute atomic E-state index is 0.544. The number of anilines is 2. The zero-order chi connectivity index (χ0) is 16.4. The van der Waals surface area contributed by atoms with Crippen LogP contribution in [0.5, 0.6) is 0 Å². The highest BCUT2D eigenvalue weighted by Gasteiger charge is 2.07. The summed E-state index contributed by atoms with van der Waals surface area (Å²) in [5.74, 6) is 0.544. The first-order valence-electron chi connectivity index (χ1n) is 7.62. The van der Waals surface area contributed by atoms with Gasteiger partial charge in [-0.25, -0.2) is 4.98 Å². The Morgan fingerprint density at radius 3 is 2.52 bits per heavy atom. The van der Waals surface area contributed by atoms with E-state index in [9.17, 15) is 0 Å². The van der Waals surface area contributed by atoms with Crippen molar-refractivity contribution in [2.45, 2.75) is 26.7 Å². The molecule has 0 unspecified atom stereocenters. The molecule has 0 aliphatic carbocycles. The highest BCUT2D eigenvalue weighted by atomic mass is 35.5. The lowest BCUT2D eigenvalue weighted by Crippen LogP contribution is -1.92. The lowest BCUT2D eigenvalue weighted by molar-refractivity contribution is 0.867. The topological polar surface area (TPSA) is 24.9 Å². The van der Waals surface area contributed by atoms with Crippen molar-refractivity contribution in [2.24, 2.45) is 0 Å². The molecule has 0 bridgehead atoms. The molecule has 0 saturated heterocycles. The van der Waals surface area contributed by atoms with E-state index in [1.54, 1.807) is 11.3 Å². The van der Waals surface area contributed by atoms with Crippen molar-refractivity contribution in [3.8, 4) is 11.3 Å². The second-order valence-electron chi connectivity index (χ2n) is 5.90. The molecular weight excluding hydrogens is 324 g/mol. The van der Waals surface area contributed by atoms with Crippen molar-refractivity contribution in [3.63, 3.8) is 0 Å². The van der Waals surface area contributed by atoms with E-state index < -0.39 is 0 Å². The fourth-order valence-corrected chi connectivity index (χ4v) is 3.25. The third-order valence-corrected chi connectivity index (χ3v) is 4.81. The molecular formula is C19H19ClN2S. The summed E-state index contributed by atoms with van der Waals surface area (Å²) < 4.78 is 0. The first kappa shape index (κ1) is 16.0. The molecule has 0 aliphatic heterocycles. The predicted molar refractivity (Wildman–Crippen MR) is 101 cm³/mol. The summed E-state index contributed by atoms with van der Waals surface area (Å²) in [4.78, 5) is 4.69. The van der Waals surface area contributed by atoms with Crippen molar-refractivity contribution in [1.29, 1.82) is 0 Å². The molecule has 0 atom stereocenters. The van der Waals surface area contributed by atoms with Gasteiger partial charge in [-0.1, -0.05) is 55.8 Å². The van der Waals surface area contributed by atoms with E-state index in [0.717, 1.165) is 32.7 Å². The Hall–Kier alpha value is -1.84. The van der Waals surface area contributed by atoms with Crippen molar-refractivity contribution in [1.82, 2.24) is 4.98 Å². The Bertz CT molecular complexity index is 806. The van der Waals surface area contributed by atoms with Gasteiger partial charge < -0.3 is 5.32 Å². The van der Waals surface area contributed by atoms with E-state index in [1.165, 1.54) is 5.56 Å². The molecule has 1 heterocycles. The molecule has 0 amide bonds. The molecule has 2 aromatic carbocycles. The van der Waals surface area contributed by atoms with Crippen LogP contribution >= 0.6 is 22.9 Å². The van der Waals surface area contributed by atoms with Crippen LogP contribution in [0.3, 0.4) is 0 Å². The van der Waals surface area contributed by atoms with Gasteiger partial charge in [-0.3, -0.25) is 0 Å². The summed E-state index contributed by atoms with van der Waals surface area (Å²) in [6.45, 7) is 6.46. The molecule has 0 radical (unpaired) electrons. The first-order chi connectivity index (χ1) is 11.0. The highest BCUT2D eigenvalue weighted by molar-refractivity contribution is 7.14. The van der Waals surface area contributed by atoms with Crippen LogP contribution in [-0.2, 0) is 0 Å². The summed E-state index contributed by atoms with van der Waals surface area (Å²) in [5, 5.41) is 7.03. The Labute approximate surface area is 146 Å². The monoisotopic (exact) mass is 342 g/mol. The maximum absolute atomic E-state index is 6.07. The number of nitrogens with one attached hydrogen (secondary N) is 1. The molecule has 0 spiro atoms. The van der Waals surface area contributed by atoms with E-state index in [1.807, 2.05) is 18.2 Å². The number of aromatic nitrogens is 1. The van der Waals surface area contributed by atoms with Gasteiger partial charge in [-0.05, 0) is 36.1 Å². The summed E-state index contributed by atoms with van der Waals surface area (Å²) in [5.41, 5.74) is 5.62. The predicted octanol–water partition coefficient (Wildman–Crippen LogP) is 6.64. The minimum atomic E-state index is 0.544. The Morgan fingerprint density at radius 1 is 1.09 bits per heavy atom. The largest absolute Gasteiger partial charge is 0.331 e. The summed E-state index contributed by atoms with van der Waals surface area (Å²) in [7, 11) is 0. The highest BCUT2D eigenvalue weighted by Crippen LogP contribution is 2.30. The quantitative estimate of drug-likeness (QED) is 0.574. The number of thiazole rings is 1. The third-order valence-electron chi connectivity index (χ3n) is 3.82. The number of halogens is 1. The van der Waals surface area contributed by atoms with Gasteiger partial charge in [0.2, 0.25) is 0 Å².